The molecule has 4 atom stereocenters. The molecule has 0 saturated carbocycles. The van der Waals surface area contributed by atoms with Crippen LogP contribution in [0.2, 0.25) is 0 Å². The fourth-order valence-corrected chi connectivity index (χ4v) is 5.50. The first-order chi connectivity index (χ1) is 16.4. The van der Waals surface area contributed by atoms with E-state index >= 15 is 0 Å². The van der Waals surface area contributed by atoms with Crippen LogP contribution in [-0.2, 0) is 7.05 Å². The van der Waals surface area contributed by atoms with E-state index in [2.05, 4.69) is 16.3 Å². The summed E-state index contributed by atoms with van der Waals surface area (Å²) >= 11 is 0. The van der Waals surface area contributed by atoms with E-state index in [1.165, 1.54) is 17.8 Å². The number of nitrogens with one attached hydrogen (secondary N) is 1. The Morgan fingerprint density at radius 2 is 1.88 bits per heavy atom. The van der Waals surface area contributed by atoms with Crippen LogP contribution < -0.4 is 10.2 Å². The van der Waals surface area contributed by atoms with Gasteiger partial charge in [0.25, 0.3) is 5.91 Å². The van der Waals surface area contributed by atoms with E-state index in [4.69, 9.17) is 5.10 Å². The van der Waals surface area contributed by atoms with Crippen molar-refractivity contribution in [2.75, 3.05) is 38.6 Å². The number of hydrogen-bond acceptors (Lipinski definition) is 4. The van der Waals surface area contributed by atoms with E-state index in [9.17, 15) is 9.18 Å². The zero-order chi connectivity index (χ0) is 23.8. The number of carbonyl (C=O) groups is 1. The summed E-state index contributed by atoms with van der Waals surface area (Å²) in [7, 11) is 5.98. The first kappa shape index (κ1) is 22.6. The third kappa shape index (κ3) is 4.44. The molecule has 3 fully saturated rings. The fourth-order valence-electron chi connectivity index (χ4n) is 5.50. The number of benzene rings is 2. The largest absolute Gasteiger partial charge is 0.378 e. The van der Waals surface area contributed by atoms with E-state index in [0.717, 1.165) is 42.9 Å². The summed E-state index contributed by atoms with van der Waals surface area (Å²) in [6.07, 6.45) is 2.24. The van der Waals surface area contributed by atoms with Crippen molar-refractivity contribution in [3.05, 3.63) is 71.7 Å². The molecule has 0 aliphatic carbocycles. The number of halogens is 1. The summed E-state index contributed by atoms with van der Waals surface area (Å²) in [5.41, 5.74) is 4.83. The third-order valence-electron chi connectivity index (χ3n) is 7.46. The number of piperidine rings is 3. The molecule has 0 radical (unpaired) electrons. The van der Waals surface area contributed by atoms with E-state index < -0.39 is 0 Å². The molecule has 34 heavy (non-hydrogen) atoms. The Hall–Kier alpha value is -3.19. The van der Waals surface area contributed by atoms with Gasteiger partial charge < -0.3 is 10.2 Å². The molecule has 6 nitrogen and oxygen atoms in total. The van der Waals surface area contributed by atoms with E-state index in [-0.39, 0.29) is 11.7 Å². The molecule has 1 amide bonds. The molecular formula is C27H32FN5O. The summed E-state index contributed by atoms with van der Waals surface area (Å²) in [5.74, 6) is 0.745. The van der Waals surface area contributed by atoms with Crippen molar-refractivity contribution in [3.8, 4) is 11.3 Å². The Kier molecular flexibility index (Phi) is 6.13. The zero-order valence-corrected chi connectivity index (χ0v) is 20.0. The van der Waals surface area contributed by atoms with Gasteiger partial charge >= 0.3 is 0 Å². The normalized spacial score (nSPS) is 23.6. The molecule has 2 bridgehead atoms. The molecule has 0 spiro atoms. The predicted octanol–water partition coefficient (Wildman–Crippen LogP) is 3.90. The van der Waals surface area contributed by atoms with Crippen molar-refractivity contribution in [2.24, 2.45) is 13.0 Å². The highest BCUT2D eigenvalue weighted by Crippen LogP contribution is 2.42. The number of fused-ring (bicyclic) bond motifs is 3. The molecule has 3 aromatic rings. The molecule has 178 valence electrons. The molecule has 1 N–H and O–H groups in total. The van der Waals surface area contributed by atoms with Gasteiger partial charge in [-0.2, -0.15) is 5.10 Å². The Balaban J connectivity index is 1.22. The van der Waals surface area contributed by atoms with E-state index in [1.54, 1.807) is 12.1 Å². The van der Waals surface area contributed by atoms with E-state index in [0.29, 0.717) is 30.0 Å². The lowest BCUT2D eigenvalue weighted by Gasteiger charge is -2.50. The number of anilines is 1. The highest BCUT2D eigenvalue weighted by molar-refractivity contribution is 5.94. The maximum atomic E-state index is 13.3. The van der Waals surface area contributed by atoms with Crippen LogP contribution >= 0.6 is 0 Å². The van der Waals surface area contributed by atoms with Gasteiger partial charge in [0.1, 0.15) is 5.82 Å². The number of aromatic nitrogens is 2. The number of amides is 1. The van der Waals surface area contributed by atoms with Crippen molar-refractivity contribution in [1.29, 1.82) is 0 Å². The average Bonchev–Trinajstić information content (AvgIpc) is 3.24. The minimum Gasteiger partial charge on any atom is -0.378 e. The van der Waals surface area contributed by atoms with Crippen LogP contribution in [-0.4, -0.2) is 60.4 Å². The van der Waals surface area contributed by atoms with E-state index in [1.807, 2.05) is 55.0 Å². The standard InChI is InChI=1S/C27H32FN5O/c1-31(2)22-10-6-19(7-11-22)27(34)29-16-23-14-20-12-13-33(23)17-24(20)26-15-25(30-32(26)3)18-4-8-21(28)9-5-18/h4-11,15,20,23-24H,12-14,16-17H2,1-3H3,(H,29,34)/t20-,23+,24-/m0/s1. The Labute approximate surface area is 200 Å². The topological polar surface area (TPSA) is 53.4 Å². The van der Waals surface area contributed by atoms with Crippen molar-refractivity contribution in [1.82, 2.24) is 20.0 Å². The molecule has 1 aromatic heterocycles. The van der Waals surface area contributed by atoms with Gasteiger partial charge in [-0.1, -0.05) is 0 Å². The zero-order valence-electron chi connectivity index (χ0n) is 20.0. The van der Waals surface area contributed by atoms with Gasteiger partial charge in [-0.15, -0.1) is 0 Å². The summed E-state index contributed by atoms with van der Waals surface area (Å²) in [4.78, 5) is 17.2. The molecule has 4 heterocycles. The summed E-state index contributed by atoms with van der Waals surface area (Å²) in [6, 6.07) is 16.8. The van der Waals surface area contributed by atoms with Crippen molar-refractivity contribution < 1.29 is 9.18 Å². The van der Waals surface area contributed by atoms with Crippen LogP contribution in [0.1, 0.15) is 34.8 Å². The number of nitrogens with zero attached hydrogens (tertiary/aromatic N) is 4. The predicted molar refractivity (Wildman–Crippen MR) is 133 cm³/mol. The lowest BCUT2D eigenvalue weighted by Crippen LogP contribution is -2.56. The van der Waals surface area contributed by atoms with Crippen LogP contribution in [0, 0.1) is 11.7 Å². The summed E-state index contributed by atoms with van der Waals surface area (Å²) < 4.78 is 15.3. The van der Waals surface area contributed by atoms with Gasteiger partial charge in [-0.05, 0) is 79.9 Å². The number of carbonyl (C=O) groups excluding carboxylic acids is 1. The van der Waals surface area contributed by atoms with Crippen LogP contribution in [0.5, 0.6) is 0 Å². The number of rotatable bonds is 6. The second kappa shape index (κ2) is 9.22. The first-order valence-corrected chi connectivity index (χ1v) is 12.0. The molecule has 7 heteroatoms. The molecule has 3 aliphatic heterocycles. The highest BCUT2D eigenvalue weighted by atomic mass is 19.1. The van der Waals surface area contributed by atoms with Crippen LogP contribution in [0.15, 0.2) is 54.6 Å². The Bertz CT molecular complexity index is 1150. The quantitative estimate of drug-likeness (QED) is 0.605. The SMILES string of the molecule is CN(C)c1ccc(C(=O)NC[C@H]2C[C@@H]3CCN2C[C@@H]3c2cc(-c3ccc(F)cc3)nn2C)cc1. The molecule has 6 rings (SSSR count). The maximum Gasteiger partial charge on any atom is 0.251 e. The second-order valence-electron chi connectivity index (χ2n) is 9.78. The number of aryl methyl sites for hydroxylation is 1. The Morgan fingerprint density at radius 1 is 1.15 bits per heavy atom. The molecule has 3 aliphatic rings. The number of hydrogen-bond donors (Lipinski definition) is 1. The third-order valence-corrected chi connectivity index (χ3v) is 7.46. The first-order valence-electron chi connectivity index (χ1n) is 12.0. The van der Waals surface area contributed by atoms with Gasteiger partial charge in [0.05, 0.1) is 5.69 Å². The van der Waals surface area contributed by atoms with Crippen LogP contribution in [0.25, 0.3) is 11.3 Å². The fraction of sp³-hybridized carbons (Fsp3) is 0.407. The molecule has 3 saturated heterocycles. The van der Waals surface area contributed by atoms with Gasteiger partial charge in [0.2, 0.25) is 0 Å². The van der Waals surface area contributed by atoms with Gasteiger partial charge in [-0.25, -0.2) is 4.39 Å². The van der Waals surface area contributed by atoms with Gasteiger partial charge in [0, 0.05) is 68.7 Å². The highest BCUT2D eigenvalue weighted by Gasteiger charge is 2.41. The summed E-state index contributed by atoms with van der Waals surface area (Å²) in [5, 5.41) is 7.87. The maximum absolute atomic E-state index is 13.3. The second-order valence-corrected chi connectivity index (χ2v) is 9.78. The van der Waals surface area contributed by atoms with Crippen molar-refractivity contribution >= 4 is 11.6 Å². The van der Waals surface area contributed by atoms with Gasteiger partial charge in [0.15, 0.2) is 0 Å². The van der Waals surface area contributed by atoms with Crippen molar-refractivity contribution in [3.63, 3.8) is 0 Å². The van der Waals surface area contributed by atoms with Crippen molar-refractivity contribution in [2.45, 2.75) is 24.8 Å². The molecular weight excluding hydrogens is 429 g/mol. The monoisotopic (exact) mass is 461 g/mol. The van der Waals surface area contributed by atoms with Crippen LogP contribution in [0.4, 0.5) is 10.1 Å². The van der Waals surface area contributed by atoms with Crippen LogP contribution in [0.3, 0.4) is 0 Å². The molecule has 2 aromatic carbocycles. The molecule has 1 unspecified atom stereocenters. The lowest BCUT2D eigenvalue weighted by atomic mass is 9.74. The Morgan fingerprint density at radius 3 is 2.53 bits per heavy atom. The summed E-state index contributed by atoms with van der Waals surface area (Å²) in [6.45, 7) is 2.72. The lowest BCUT2D eigenvalue weighted by molar-refractivity contribution is 0.0280. The van der Waals surface area contributed by atoms with Gasteiger partial charge in [-0.3, -0.25) is 14.4 Å². The minimum atomic E-state index is -0.235. The smallest absolute Gasteiger partial charge is 0.251 e. The average molecular weight is 462 g/mol. The minimum absolute atomic E-state index is 0.0138.